The molecular formula is C36H28. The van der Waals surface area contributed by atoms with E-state index in [1.54, 1.807) is 0 Å². The van der Waals surface area contributed by atoms with E-state index >= 15 is 0 Å². The highest BCUT2D eigenvalue weighted by molar-refractivity contribution is 6.26. The largest absolute Gasteiger partial charge is 0.0619 e. The van der Waals surface area contributed by atoms with Gasteiger partial charge in [-0.1, -0.05) is 113 Å². The van der Waals surface area contributed by atoms with E-state index in [0.717, 1.165) is 0 Å². The molecule has 36 heavy (non-hydrogen) atoms. The Hall–Kier alpha value is -3.90. The van der Waals surface area contributed by atoms with Crippen LogP contribution in [0.2, 0.25) is 0 Å². The van der Waals surface area contributed by atoms with Crippen molar-refractivity contribution >= 4 is 32.3 Å². The van der Waals surface area contributed by atoms with Crippen molar-refractivity contribution in [3.8, 4) is 22.3 Å². The molecule has 0 saturated carbocycles. The second kappa shape index (κ2) is 6.45. The second-order valence-electron chi connectivity index (χ2n) is 11.7. The van der Waals surface area contributed by atoms with Crippen LogP contribution in [-0.2, 0) is 10.8 Å². The van der Waals surface area contributed by atoms with Crippen LogP contribution in [0.25, 0.3) is 54.6 Å². The molecule has 8 rings (SSSR count). The number of rotatable bonds is 0. The first-order chi connectivity index (χ1) is 17.4. The number of hydrogen-bond donors (Lipinski definition) is 0. The molecule has 6 aromatic rings. The maximum Gasteiger partial charge on any atom is 0.0165 e. The highest BCUT2D eigenvalue weighted by Gasteiger charge is 2.43. The molecule has 0 nitrogen and oxygen atoms in total. The van der Waals surface area contributed by atoms with E-state index < -0.39 is 0 Å². The lowest BCUT2D eigenvalue weighted by Crippen LogP contribution is -2.17. The van der Waals surface area contributed by atoms with Crippen molar-refractivity contribution < 1.29 is 0 Å². The monoisotopic (exact) mass is 460 g/mol. The fourth-order valence-corrected chi connectivity index (χ4v) is 7.49. The average molecular weight is 461 g/mol. The minimum atomic E-state index is -0.0912. The quantitative estimate of drug-likeness (QED) is 0.198. The van der Waals surface area contributed by atoms with Crippen LogP contribution in [0.4, 0.5) is 0 Å². The first kappa shape index (κ1) is 20.3. The van der Waals surface area contributed by atoms with Gasteiger partial charge in [-0.3, -0.25) is 0 Å². The van der Waals surface area contributed by atoms with Crippen LogP contribution in [0.1, 0.15) is 49.9 Å². The molecule has 0 fully saturated rings. The molecule has 0 amide bonds. The normalized spacial score (nSPS) is 16.2. The van der Waals surface area contributed by atoms with Crippen LogP contribution in [0.5, 0.6) is 0 Å². The molecule has 2 aliphatic rings. The van der Waals surface area contributed by atoms with E-state index in [9.17, 15) is 0 Å². The Balaban J connectivity index is 1.57. The summed E-state index contributed by atoms with van der Waals surface area (Å²) in [6.07, 6.45) is 0. The van der Waals surface area contributed by atoms with Gasteiger partial charge in [0.25, 0.3) is 0 Å². The van der Waals surface area contributed by atoms with Gasteiger partial charge in [0.05, 0.1) is 0 Å². The third kappa shape index (κ3) is 2.26. The third-order valence-corrected chi connectivity index (χ3v) is 9.20. The summed E-state index contributed by atoms with van der Waals surface area (Å²) in [5.74, 6) is 0. The summed E-state index contributed by atoms with van der Waals surface area (Å²) in [7, 11) is 0. The molecule has 0 atom stereocenters. The molecule has 0 N–H and O–H groups in total. The molecule has 172 valence electrons. The molecule has 0 heterocycles. The van der Waals surface area contributed by atoms with E-state index in [1.807, 2.05) is 0 Å². The lowest BCUT2D eigenvalue weighted by Gasteiger charge is -2.25. The van der Waals surface area contributed by atoms with Crippen LogP contribution in [0, 0.1) is 0 Å². The van der Waals surface area contributed by atoms with E-state index in [-0.39, 0.29) is 10.8 Å². The summed E-state index contributed by atoms with van der Waals surface area (Å²) in [6, 6.07) is 36.7. The van der Waals surface area contributed by atoms with Crippen molar-refractivity contribution in [3.63, 3.8) is 0 Å². The molecule has 2 aliphatic carbocycles. The van der Waals surface area contributed by atoms with Crippen molar-refractivity contribution in [2.75, 3.05) is 0 Å². The van der Waals surface area contributed by atoms with Gasteiger partial charge in [-0.15, -0.1) is 0 Å². The Morgan fingerprint density at radius 1 is 0.444 bits per heavy atom. The Morgan fingerprint density at radius 2 is 1.08 bits per heavy atom. The molecule has 0 heteroatoms. The minimum Gasteiger partial charge on any atom is -0.0619 e. The van der Waals surface area contributed by atoms with Gasteiger partial charge in [0, 0.05) is 10.8 Å². The van der Waals surface area contributed by atoms with Crippen LogP contribution >= 0.6 is 0 Å². The van der Waals surface area contributed by atoms with Gasteiger partial charge in [0.1, 0.15) is 0 Å². The number of fused-ring (bicyclic) bond motifs is 13. The zero-order valence-electron chi connectivity index (χ0n) is 21.2. The van der Waals surface area contributed by atoms with Gasteiger partial charge in [-0.2, -0.15) is 0 Å². The van der Waals surface area contributed by atoms with E-state index in [2.05, 4.69) is 125 Å². The van der Waals surface area contributed by atoms with Crippen LogP contribution in [0.3, 0.4) is 0 Å². The van der Waals surface area contributed by atoms with Gasteiger partial charge in [0.15, 0.2) is 0 Å². The summed E-state index contributed by atoms with van der Waals surface area (Å²) in [5, 5.41) is 8.16. The first-order valence-electron chi connectivity index (χ1n) is 13.0. The van der Waals surface area contributed by atoms with Gasteiger partial charge in [-0.05, 0) is 89.0 Å². The Morgan fingerprint density at radius 3 is 1.92 bits per heavy atom. The van der Waals surface area contributed by atoms with E-state index in [1.165, 1.54) is 76.8 Å². The fourth-order valence-electron chi connectivity index (χ4n) is 7.49. The summed E-state index contributed by atoms with van der Waals surface area (Å²) >= 11 is 0. The standard InChI is InChI=1S/C36H28/c1-35(2)29-16-10-9-13-23(29)27-19-31-28(20-30(27)35)33-25-15-8-7-14-24(25)32-22-12-6-5-11-21(22)17-18-26(32)34(33)36(31,3)4/h5-20H,1-4H3. The Bertz CT molecular complexity index is 1930. The Kier molecular flexibility index (Phi) is 3.64. The molecule has 0 aromatic heterocycles. The van der Waals surface area contributed by atoms with E-state index in [0.29, 0.717) is 0 Å². The molecule has 0 aliphatic heterocycles. The predicted octanol–water partition coefficient (Wildman–Crippen LogP) is 9.76. The number of hydrogen-bond acceptors (Lipinski definition) is 0. The fraction of sp³-hybridized carbons (Fsp3) is 0.167. The smallest absolute Gasteiger partial charge is 0.0165 e. The summed E-state index contributed by atoms with van der Waals surface area (Å²) in [6.45, 7) is 9.63. The van der Waals surface area contributed by atoms with Crippen molar-refractivity contribution in [2.24, 2.45) is 0 Å². The van der Waals surface area contributed by atoms with Crippen molar-refractivity contribution in [2.45, 2.75) is 38.5 Å². The van der Waals surface area contributed by atoms with Crippen LogP contribution < -0.4 is 0 Å². The molecule has 0 unspecified atom stereocenters. The van der Waals surface area contributed by atoms with Gasteiger partial charge >= 0.3 is 0 Å². The zero-order chi connectivity index (χ0) is 24.4. The predicted molar refractivity (Wildman–Crippen MR) is 154 cm³/mol. The SMILES string of the molecule is CC1(C)c2ccccc2-c2cc3c(cc21)-c1c(c2ccc4ccccc4c2c2ccccc12)C3(C)C. The number of benzene rings is 6. The van der Waals surface area contributed by atoms with E-state index in [4.69, 9.17) is 0 Å². The highest BCUT2D eigenvalue weighted by Crippen LogP contribution is 2.59. The maximum absolute atomic E-state index is 2.54. The zero-order valence-corrected chi connectivity index (χ0v) is 21.2. The molecule has 0 saturated heterocycles. The molecule has 0 bridgehead atoms. The second-order valence-corrected chi connectivity index (χ2v) is 11.7. The van der Waals surface area contributed by atoms with Crippen LogP contribution in [-0.4, -0.2) is 0 Å². The maximum atomic E-state index is 2.54. The lowest BCUT2D eigenvalue weighted by molar-refractivity contribution is 0.654. The summed E-state index contributed by atoms with van der Waals surface area (Å²) < 4.78 is 0. The molecule has 0 radical (unpaired) electrons. The first-order valence-corrected chi connectivity index (χ1v) is 13.0. The molecule has 0 spiro atoms. The van der Waals surface area contributed by atoms with Gasteiger partial charge in [0.2, 0.25) is 0 Å². The van der Waals surface area contributed by atoms with Gasteiger partial charge in [-0.25, -0.2) is 0 Å². The van der Waals surface area contributed by atoms with Crippen molar-refractivity contribution in [1.29, 1.82) is 0 Å². The third-order valence-electron chi connectivity index (χ3n) is 9.20. The highest BCUT2D eigenvalue weighted by atomic mass is 14.5. The molecular weight excluding hydrogens is 432 g/mol. The minimum absolute atomic E-state index is 0.00327. The summed E-state index contributed by atoms with van der Waals surface area (Å²) in [4.78, 5) is 0. The van der Waals surface area contributed by atoms with Crippen molar-refractivity contribution in [1.82, 2.24) is 0 Å². The van der Waals surface area contributed by atoms with Crippen molar-refractivity contribution in [3.05, 3.63) is 119 Å². The Labute approximate surface area is 212 Å². The average Bonchev–Trinajstić information content (AvgIpc) is 3.27. The lowest BCUT2D eigenvalue weighted by atomic mass is 9.77. The summed E-state index contributed by atoms with van der Waals surface area (Å²) in [5.41, 5.74) is 11.4. The topological polar surface area (TPSA) is 0 Å². The molecule has 6 aromatic carbocycles. The van der Waals surface area contributed by atoms with Crippen LogP contribution in [0.15, 0.2) is 97.1 Å². The van der Waals surface area contributed by atoms with Gasteiger partial charge < -0.3 is 0 Å².